The van der Waals surface area contributed by atoms with Gasteiger partial charge in [0.2, 0.25) is 0 Å². The van der Waals surface area contributed by atoms with Crippen LogP contribution in [0.1, 0.15) is 39.5 Å². The predicted octanol–water partition coefficient (Wildman–Crippen LogP) is 2.37. The number of methoxy groups -OCH3 is 2. The van der Waals surface area contributed by atoms with E-state index in [9.17, 15) is 0 Å². The van der Waals surface area contributed by atoms with E-state index in [0.717, 1.165) is 64.1 Å². The number of hydrogen-bond acceptors (Lipinski definition) is 4. The molecule has 122 valence electrons. The summed E-state index contributed by atoms with van der Waals surface area (Å²) in [4.78, 5) is 2.49. The van der Waals surface area contributed by atoms with Crippen LogP contribution in [0.15, 0.2) is 0 Å². The Bertz CT molecular complexity index is 201. The maximum absolute atomic E-state index is 5.70. The average Bonchev–Trinajstić information content (AvgIpc) is 2.43. The van der Waals surface area contributed by atoms with Crippen LogP contribution in [0.2, 0.25) is 0 Å². The topological polar surface area (TPSA) is 47.7 Å². The minimum Gasteiger partial charge on any atom is -0.385 e. The molecular formula is C16H36N2O2. The third-order valence-electron chi connectivity index (χ3n) is 3.96. The highest BCUT2D eigenvalue weighted by Crippen LogP contribution is 2.20. The standard InChI is InChI=1S/C16H36N2O2/c1-15(2)16(8-9-17)7-5-10-18(12-14-20-4)11-6-13-19-3/h15-16H,5-14,17H2,1-4H3. The van der Waals surface area contributed by atoms with Gasteiger partial charge in [-0.05, 0) is 50.6 Å². The van der Waals surface area contributed by atoms with Crippen molar-refractivity contribution in [1.82, 2.24) is 4.90 Å². The average molecular weight is 288 g/mol. The Hall–Kier alpha value is -0.160. The smallest absolute Gasteiger partial charge is 0.0589 e. The van der Waals surface area contributed by atoms with E-state index in [1.54, 1.807) is 14.2 Å². The number of rotatable bonds is 14. The van der Waals surface area contributed by atoms with E-state index in [1.165, 1.54) is 12.8 Å². The van der Waals surface area contributed by atoms with Crippen LogP contribution in [0.5, 0.6) is 0 Å². The first kappa shape index (κ1) is 19.8. The van der Waals surface area contributed by atoms with Crippen molar-refractivity contribution in [2.75, 3.05) is 53.6 Å². The lowest BCUT2D eigenvalue weighted by atomic mass is 9.88. The monoisotopic (exact) mass is 288 g/mol. The van der Waals surface area contributed by atoms with Gasteiger partial charge in [-0.1, -0.05) is 13.8 Å². The zero-order chi connectivity index (χ0) is 15.2. The molecule has 0 aromatic rings. The molecule has 20 heavy (non-hydrogen) atoms. The number of ether oxygens (including phenoxy) is 2. The molecule has 0 amide bonds. The van der Waals surface area contributed by atoms with Crippen LogP contribution in [0, 0.1) is 11.8 Å². The van der Waals surface area contributed by atoms with Gasteiger partial charge < -0.3 is 20.1 Å². The van der Waals surface area contributed by atoms with Crippen LogP contribution in [0.4, 0.5) is 0 Å². The summed E-state index contributed by atoms with van der Waals surface area (Å²) in [6, 6.07) is 0. The lowest BCUT2D eigenvalue weighted by Crippen LogP contribution is -2.30. The summed E-state index contributed by atoms with van der Waals surface area (Å²) < 4.78 is 10.3. The van der Waals surface area contributed by atoms with Gasteiger partial charge in [0.15, 0.2) is 0 Å². The molecule has 0 aromatic heterocycles. The maximum atomic E-state index is 5.70. The second-order valence-electron chi connectivity index (χ2n) is 5.90. The van der Waals surface area contributed by atoms with Crippen molar-refractivity contribution in [3.63, 3.8) is 0 Å². The van der Waals surface area contributed by atoms with Crippen molar-refractivity contribution in [3.8, 4) is 0 Å². The molecule has 0 radical (unpaired) electrons. The van der Waals surface area contributed by atoms with Crippen molar-refractivity contribution in [3.05, 3.63) is 0 Å². The molecule has 0 rings (SSSR count). The van der Waals surface area contributed by atoms with Gasteiger partial charge in [0, 0.05) is 33.9 Å². The Balaban J connectivity index is 3.95. The molecule has 4 nitrogen and oxygen atoms in total. The molecule has 1 atom stereocenters. The molecule has 2 N–H and O–H groups in total. The zero-order valence-electron chi connectivity index (χ0n) is 14.1. The maximum Gasteiger partial charge on any atom is 0.0589 e. The van der Waals surface area contributed by atoms with E-state index in [1.807, 2.05) is 0 Å². The fourth-order valence-electron chi connectivity index (χ4n) is 2.59. The minimum absolute atomic E-state index is 0.736. The molecule has 0 aromatic carbocycles. The molecule has 0 bridgehead atoms. The van der Waals surface area contributed by atoms with E-state index >= 15 is 0 Å². The molecule has 0 saturated carbocycles. The molecule has 0 aliphatic heterocycles. The Morgan fingerprint density at radius 3 is 2.10 bits per heavy atom. The van der Waals surface area contributed by atoms with Crippen LogP contribution in [0.3, 0.4) is 0 Å². The van der Waals surface area contributed by atoms with Crippen molar-refractivity contribution >= 4 is 0 Å². The zero-order valence-corrected chi connectivity index (χ0v) is 14.1. The first-order chi connectivity index (χ1) is 9.65. The first-order valence-electron chi connectivity index (χ1n) is 8.06. The first-order valence-corrected chi connectivity index (χ1v) is 8.06. The van der Waals surface area contributed by atoms with Gasteiger partial charge in [-0.15, -0.1) is 0 Å². The van der Waals surface area contributed by atoms with E-state index in [4.69, 9.17) is 15.2 Å². The molecule has 0 fully saturated rings. The van der Waals surface area contributed by atoms with Crippen molar-refractivity contribution in [2.45, 2.75) is 39.5 Å². The van der Waals surface area contributed by atoms with Gasteiger partial charge in [-0.25, -0.2) is 0 Å². The van der Waals surface area contributed by atoms with E-state index in [-0.39, 0.29) is 0 Å². The summed E-state index contributed by atoms with van der Waals surface area (Å²) in [6.45, 7) is 10.3. The quantitative estimate of drug-likeness (QED) is 0.499. The summed E-state index contributed by atoms with van der Waals surface area (Å²) in [5, 5.41) is 0. The highest BCUT2D eigenvalue weighted by molar-refractivity contribution is 4.66. The molecule has 0 saturated heterocycles. The molecule has 0 spiro atoms. The fourth-order valence-corrected chi connectivity index (χ4v) is 2.59. The van der Waals surface area contributed by atoms with E-state index in [0.29, 0.717) is 0 Å². The third kappa shape index (κ3) is 10.6. The van der Waals surface area contributed by atoms with Crippen LogP contribution < -0.4 is 5.73 Å². The molecule has 0 aliphatic rings. The molecule has 1 unspecified atom stereocenters. The molecule has 4 heteroatoms. The van der Waals surface area contributed by atoms with Crippen LogP contribution in [-0.2, 0) is 9.47 Å². The van der Waals surface area contributed by atoms with Crippen LogP contribution >= 0.6 is 0 Å². The molecule has 0 heterocycles. The largest absolute Gasteiger partial charge is 0.385 e. The van der Waals surface area contributed by atoms with Gasteiger partial charge in [-0.2, -0.15) is 0 Å². The number of nitrogens with two attached hydrogens (primary N) is 1. The lowest BCUT2D eigenvalue weighted by molar-refractivity contribution is 0.130. The van der Waals surface area contributed by atoms with Crippen molar-refractivity contribution < 1.29 is 9.47 Å². The summed E-state index contributed by atoms with van der Waals surface area (Å²) in [6.07, 6.45) is 4.78. The summed E-state index contributed by atoms with van der Waals surface area (Å²) >= 11 is 0. The van der Waals surface area contributed by atoms with Crippen LogP contribution in [0.25, 0.3) is 0 Å². The van der Waals surface area contributed by atoms with E-state index in [2.05, 4.69) is 18.7 Å². The van der Waals surface area contributed by atoms with Crippen molar-refractivity contribution in [1.29, 1.82) is 0 Å². The fraction of sp³-hybridized carbons (Fsp3) is 1.00. The second-order valence-corrected chi connectivity index (χ2v) is 5.90. The number of hydrogen-bond donors (Lipinski definition) is 1. The number of nitrogens with zero attached hydrogens (tertiary/aromatic N) is 1. The normalized spacial score (nSPS) is 13.3. The lowest BCUT2D eigenvalue weighted by Gasteiger charge is -2.24. The predicted molar refractivity (Wildman–Crippen MR) is 86.0 cm³/mol. The van der Waals surface area contributed by atoms with Gasteiger partial charge in [0.1, 0.15) is 0 Å². The summed E-state index contributed by atoms with van der Waals surface area (Å²) in [5.74, 6) is 1.50. The highest BCUT2D eigenvalue weighted by atomic mass is 16.5. The molecular weight excluding hydrogens is 252 g/mol. The van der Waals surface area contributed by atoms with Gasteiger partial charge >= 0.3 is 0 Å². The second kappa shape index (κ2) is 13.8. The summed E-state index contributed by atoms with van der Waals surface area (Å²) in [5.41, 5.74) is 5.70. The van der Waals surface area contributed by atoms with Gasteiger partial charge in [0.25, 0.3) is 0 Å². The minimum atomic E-state index is 0.736. The Labute approximate surface area is 126 Å². The van der Waals surface area contributed by atoms with Crippen molar-refractivity contribution in [2.24, 2.45) is 17.6 Å². The third-order valence-corrected chi connectivity index (χ3v) is 3.96. The Kier molecular flexibility index (Phi) is 13.7. The van der Waals surface area contributed by atoms with E-state index < -0.39 is 0 Å². The van der Waals surface area contributed by atoms with Gasteiger partial charge in [0.05, 0.1) is 6.61 Å². The summed E-state index contributed by atoms with van der Waals surface area (Å²) in [7, 11) is 3.53. The van der Waals surface area contributed by atoms with Crippen LogP contribution in [-0.4, -0.2) is 58.5 Å². The Morgan fingerprint density at radius 2 is 1.55 bits per heavy atom. The van der Waals surface area contributed by atoms with Gasteiger partial charge in [-0.3, -0.25) is 0 Å². The highest BCUT2D eigenvalue weighted by Gasteiger charge is 2.13. The Morgan fingerprint density at radius 1 is 0.900 bits per heavy atom. The SMILES string of the molecule is COCCCN(CCCC(CCN)C(C)C)CCOC. The molecule has 0 aliphatic carbocycles.